The molecule has 0 aliphatic heterocycles. The Hall–Kier alpha value is -2.33. The van der Waals surface area contributed by atoms with Crippen molar-refractivity contribution in [1.82, 2.24) is 14.5 Å². The van der Waals surface area contributed by atoms with Gasteiger partial charge in [0.05, 0.1) is 28.9 Å². The minimum atomic E-state index is -0.304. The Labute approximate surface area is 210 Å². The number of methoxy groups -OCH3 is 1. The predicted molar refractivity (Wildman–Crippen MR) is 135 cm³/mol. The first kappa shape index (κ1) is 25.3. The number of nitrogens with zero attached hydrogens (tertiary/aromatic N) is 4. The third-order valence-electron chi connectivity index (χ3n) is 4.73. The van der Waals surface area contributed by atoms with Gasteiger partial charge in [0, 0.05) is 30.4 Å². The molecule has 0 spiro atoms. The summed E-state index contributed by atoms with van der Waals surface area (Å²) in [5.74, 6) is 0.428. The highest BCUT2D eigenvalue weighted by atomic mass is 35.5. The molecular weight excluding hydrogens is 506 g/mol. The molecule has 1 amide bonds. The van der Waals surface area contributed by atoms with E-state index in [2.05, 4.69) is 9.97 Å². The molecule has 0 radical (unpaired) electrons. The van der Waals surface area contributed by atoms with Crippen LogP contribution in [-0.2, 0) is 11.3 Å². The van der Waals surface area contributed by atoms with Crippen molar-refractivity contribution in [2.75, 3.05) is 24.3 Å². The molecule has 2 aromatic carbocycles. The first-order valence-corrected chi connectivity index (χ1v) is 12.0. The number of amides is 1. The van der Waals surface area contributed by atoms with Crippen molar-refractivity contribution < 1.29 is 13.9 Å². The van der Waals surface area contributed by atoms with E-state index in [-0.39, 0.29) is 29.9 Å². The molecule has 33 heavy (non-hydrogen) atoms. The quantitative estimate of drug-likeness (QED) is 0.253. The monoisotopic (exact) mass is 526 g/mol. The molecule has 0 unspecified atom stereocenters. The van der Waals surface area contributed by atoms with Gasteiger partial charge in [-0.3, -0.25) is 9.69 Å². The summed E-state index contributed by atoms with van der Waals surface area (Å²) in [5, 5.41) is 1.14. The average molecular weight is 527 g/mol. The van der Waals surface area contributed by atoms with Crippen LogP contribution in [0.15, 0.2) is 60.0 Å². The van der Waals surface area contributed by atoms with E-state index >= 15 is 0 Å². The molecule has 0 fully saturated rings. The maximum Gasteiger partial charge on any atom is 0.239 e. The fourth-order valence-electron chi connectivity index (χ4n) is 3.13. The molecular formula is C22H21Cl2FN4O2S2. The minimum Gasteiger partial charge on any atom is -0.494 e. The van der Waals surface area contributed by atoms with E-state index in [0.717, 1.165) is 22.6 Å². The first-order chi connectivity index (χ1) is 15.5. The lowest BCUT2D eigenvalue weighted by atomic mass is 10.3. The Morgan fingerprint density at radius 3 is 2.76 bits per heavy atom. The summed E-state index contributed by atoms with van der Waals surface area (Å²) in [4.78, 5) is 24.5. The van der Waals surface area contributed by atoms with Crippen molar-refractivity contribution in [3.05, 3.63) is 66.0 Å². The van der Waals surface area contributed by atoms with Crippen LogP contribution in [0, 0.1) is 5.82 Å². The number of imidazole rings is 1. The number of anilines is 1. The number of benzene rings is 2. The van der Waals surface area contributed by atoms with Crippen molar-refractivity contribution in [3.63, 3.8) is 0 Å². The van der Waals surface area contributed by atoms with E-state index in [0.29, 0.717) is 28.0 Å². The third-order valence-corrected chi connectivity index (χ3v) is 7.27. The van der Waals surface area contributed by atoms with Crippen molar-refractivity contribution in [2.45, 2.75) is 17.9 Å². The van der Waals surface area contributed by atoms with Gasteiger partial charge in [0.1, 0.15) is 17.1 Å². The molecule has 174 valence electrons. The number of rotatable bonds is 9. The lowest BCUT2D eigenvalue weighted by molar-refractivity contribution is -0.116. The van der Waals surface area contributed by atoms with Crippen LogP contribution in [0.5, 0.6) is 5.75 Å². The highest BCUT2D eigenvalue weighted by molar-refractivity contribution is 8.00. The highest BCUT2D eigenvalue weighted by Gasteiger charge is 2.22. The predicted octanol–water partition coefficient (Wildman–Crippen LogP) is 5.93. The maximum atomic E-state index is 13.2. The summed E-state index contributed by atoms with van der Waals surface area (Å²) in [6.07, 6.45) is 6.09. The fourth-order valence-corrected chi connectivity index (χ4v) is 5.21. The van der Waals surface area contributed by atoms with Crippen molar-refractivity contribution in [1.29, 1.82) is 0 Å². The number of carbonyl (C=O) groups excluding carboxylic acids is 1. The van der Waals surface area contributed by atoms with E-state index < -0.39 is 0 Å². The van der Waals surface area contributed by atoms with Gasteiger partial charge in [0.25, 0.3) is 0 Å². The number of aromatic nitrogens is 3. The normalized spacial score (nSPS) is 10.8. The number of carbonyl (C=O) groups is 1. The summed E-state index contributed by atoms with van der Waals surface area (Å²) in [5.41, 5.74) is 0.638. The van der Waals surface area contributed by atoms with Gasteiger partial charge < -0.3 is 9.30 Å². The van der Waals surface area contributed by atoms with Crippen LogP contribution in [0.1, 0.15) is 6.42 Å². The van der Waals surface area contributed by atoms with E-state index in [1.807, 2.05) is 10.8 Å². The zero-order valence-electron chi connectivity index (χ0n) is 17.6. The van der Waals surface area contributed by atoms with Crippen LogP contribution in [0.4, 0.5) is 9.52 Å². The Kier molecular flexibility index (Phi) is 8.96. The fraction of sp³-hybridized carbons (Fsp3) is 0.227. The van der Waals surface area contributed by atoms with Gasteiger partial charge in [0.15, 0.2) is 5.13 Å². The van der Waals surface area contributed by atoms with E-state index in [1.54, 1.807) is 48.8 Å². The lowest BCUT2D eigenvalue weighted by Gasteiger charge is -2.20. The van der Waals surface area contributed by atoms with Crippen LogP contribution in [-0.4, -0.2) is 39.8 Å². The van der Waals surface area contributed by atoms with Crippen molar-refractivity contribution >= 4 is 68.4 Å². The first-order valence-electron chi connectivity index (χ1n) is 9.82. The van der Waals surface area contributed by atoms with E-state index in [9.17, 15) is 9.18 Å². The number of hydrogen-bond donors (Lipinski definition) is 0. The largest absolute Gasteiger partial charge is 0.494 e. The van der Waals surface area contributed by atoms with Gasteiger partial charge in [0.2, 0.25) is 5.91 Å². The zero-order valence-corrected chi connectivity index (χ0v) is 20.8. The number of aryl methyl sites for hydroxylation is 1. The lowest BCUT2D eigenvalue weighted by Crippen LogP contribution is -2.33. The minimum absolute atomic E-state index is 0. The summed E-state index contributed by atoms with van der Waals surface area (Å²) in [7, 11) is 1.58. The summed E-state index contributed by atoms with van der Waals surface area (Å²) >= 11 is 9.10. The van der Waals surface area contributed by atoms with Crippen LogP contribution in [0.2, 0.25) is 5.02 Å². The van der Waals surface area contributed by atoms with Crippen molar-refractivity contribution in [2.24, 2.45) is 0 Å². The molecule has 0 saturated carbocycles. The van der Waals surface area contributed by atoms with Gasteiger partial charge >= 0.3 is 0 Å². The van der Waals surface area contributed by atoms with E-state index in [4.69, 9.17) is 16.3 Å². The SMILES string of the molecule is COc1ccc(Cl)c2sc(N(CCCn3ccnc3)C(=O)CSc3ccc(F)cc3)nc12.Cl. The van der Waals surface area contributed by atoms with Gasteiger partial charge in [-0.25, -0.2) is 14.4 Å². The Balaban J connectivity index is 0.00000306. The number of thioether (sulfide) groups is 1. The second-order valence-electron chi connectivity index (χ2n) is 6.87. The van der Waals surface area contributed by atoms with Crippen LogP contribution in [0.25, 0.3) is 10.2 Å². The summed E-state index contributed by atoms with van der Waals surface area (Å²) in [6.45, 7) is 1.21. The van der Waals surface area contributed by atoms with E-state index in [1.165, 1.54) is 35.2 Å². The smallest absolute Gasteiger partial charge is 0.239 e. The molecule has 4 aromatic rings. The summed E-state index contributed by atoms with van der Waals surface area (Å²) < 4.78 is 21.3. The molecule has 2 aromatic heterocycles. The summed E-state index contributed by atoms with van der Waals surface area (Å²) in [6, 6.07) is 9.64. The number of thiazole rings is 1. The number of ether oxygens (including phenoxy) is 1. The number of halogens is 3. The van der Waals surface area contributed by atoms with Gasteiger partial charge in [-0.1, -0.05) is 22.9 Å². The molecule has 0 aliphatic carbocycles. The Morgan fingerprint density at radius 2 is 2.06 bits per heavy atom. The average Bonchev–Trinajstić information content (AvgIpc) is 3.47. The molecule has 2 heterocycles. The number of hydrogen-bond acceptors (Lipinski definition) is 6. The molecule has 0 N–H and O–H groups in total. The Morgan fingerprint density at radius 1 is 1.27 bits per heavy atom. The standard InChI is InChI=1S/C22H20ClFN4O2S2.ClH/c1-30-18-8-7-17(23)21-20(18)26-22(32-21)28(11-2-10-27-12-9-25-14-27)19(29)13-31-16-5-3-15(24)4-6-16;/h3-9,12,14H,2,10-11,13H2,1H3;1H. The van der Waals surface area contributed by atoms with Crippen LogP contribution < -0.4 is 9.64 Å². The number of fused-ring (bicyclic) bond motifs is 1. The maximum absolute atomic E-state index is 13.2. The topological polar surface area (TPSA) is 60.2 Å². The second-order valence-corrected chi connectivity index (χ2v) is 9.30. The third kappa shape index (κ3) is 6.17. The zero-order chi connectivity index (χ0) is 22.5. The molecule has 6 nitrogen and oxygen atoms in total. The Bertz CT molecular complexity index is 1200. The molecule has 11 heteroatoms. The van der Waals surface area contributed by atoms with Crippen LogP contribution >= 0.6 is 47.1 Å². The van der Waals surface area contributed by atoms with Gasteiger partial charge in [-0.15, -0.1) is 24.2 Å². The molecule has 4 rings (SSSR count). The van der Waals surface area contributed by atoms with Gasteiger partial charge in [-0.05, 0) is 42.8 Å². The molecule has 0 atom stereocenters. The highest BCUT2D eigenvalue weighted by Crippen LogP contribution is 2.39. The molecule has 0 saturated heterocycles. The van der Waals surface area contributed by atoms with Gasteiger partial charge in [-0.2, -0.15) is 0 Å². The van der Waals surface area contributed by atoms with Crippen molar-refractivity contribution in [3.8, 4) is 5.75 Å². The molecule has 0 aliphatic rings. The second kappa shape index (κ2) is 11.7. The molecule has 0 bridgehead atoms. The van der Waals surface area contributed by atoms with Crippen LogP contribution in [0.3, 0.4) is 0 Å².